The number of carbonyl (C=O) groups is 2. The van der Waals surface area contributed by atoms with E-state index in [0.29, 0.717) is 0 Å². The first-order valence-corrected chi connectivity index (χ1v) is 5.39. The van der Waals surface area contributed by atoms with Gasteiger partial charge in [-0.25, -0.2) is 4.79 Å². The van der Waals surface area contributed by atoms with E-state index >= 15 is 0 Å². The fraction of sp³-hybridized carbons (Fsp3) is 0.818. The largest absolute Gasteiger partial charge is 0.468 e. The summed E-state index contributed by atoms with van der Waals surface area (Å²) in [5, 5.41) is 5.45. The molecule has 6 nitrogen and oxygen atoms in total. The molecule has 0 saturated carbocycles. The van der Waals surface area contributed by atoms with Crippen molar-refractivity contribution in [3.05, 3.63) is 0 Å². The lowest BCUT2D eigenvalue weighted by Crippen LogP contribution is -2.56. The Bertz CT molecular complexity index is 282. The molecule has 2 N–H and O–H groups in total. The Kier molecular flexibility index (Phi) is 5.41. The molecule has 0 unspecified atom stereocenters. The quantitative estimate of drug-likeness (QED) is 0.572. The van der Waals surface area contributed by atoms with Crippen LogP contribution < -0.4 is 10.6 Å². The van der Waals surface area contributed by atoms with Gasteiger partial charge in [-0.3, -0.25) is 10.1 Å². The van der Waals surface area contributed by atoms with E-state index in [-0.39, 0.29) is 6.54 Å². The van der Waals surface area contributed by atoms with E-state index in [1.807, 2.05) is 0 Å². The summed E-state index contributed by atoms with van der Waals surface area (Å²) in [5.74, 6) is -0.399. The van der Waals surface area contributed by atoms with Crippen molar-refractivity contribution in [2.45, 2.75) is 45.9 Å². The van der Waals surface area contributed by atoms with E-state index in [2.05, 4.69) is 15.4 Å². The number of carbonyl (C=O) groups excluding carboxylic acids is 2. The normalized spacial score (nSPS) is 11.9. The number of amides is 1. The van der Waals surface area contributed by atoms with Crippen molar-refractivity contribution in [2.24, 2.45) is 0 Å². The number of nitrogens with one attached hydrogen (secondary N) is 2. The smallest absolute Gasteiger partial charge is 0.409 e. The molecule has 0 atom stereocenters. The molecule has 100 valence electrons. The summed E-state index contributed by atoms with van der Waals surface area (Å²) < 4.78 is 9.59. The molecule has 0 fully saturated rings. The molecule has 0 rings (SSSR count). The van der Waals surface area contributed by atoms with Crippen LogP contribution in [0.2, 0.25) is 0 Å². The molecule has 0 aliphatic heterocycles. The molecular formula is C11H22N2O4. The summed E-state index contributed by atoms with van der Waals surface area (Å²) in [7, 11) is 1.30. The van der Waals surface area contributed by atoms with Gasteiger partial charge in [0.05, 0.1) is 19.3 Å². The van der Waals surface area contributed by atoms with E-state index in [4.69, 9.17) is 4.74 Å². The van der Waals surface area contributed by atoms with Gasteiger partial charge in [0.25, 0.3) is 0 Å². The van der Waals surface area contributed by atoms with Crippen LogP contribution in [0.3, 0.4) is 0 Å². The number of hydrogen-bond acceptors (Lipinski definition) is 5. The second-order valence-electron chi connectivity index (χ2n) is 5.18. The van der Waals surface area contributed by atoms with Gasteiger partial charge in [-0.2, -0.15) is 0 Å². The summed E-state index contributed by atoms with van der Waals surface area (Å²) >= 11 is 0. The van der Waals surface area contributed by atoms with Gasteiger partial charge in [-0.05, 0) is 34.6 Å². The first kappa shape index (κ1) is 15.7. The molecule has 0 spiro atoms. The van der Waals surface area contributed by atoms with Crippen molar-refractivity contribution < 1.29 is 19.1 Å². The summed E-state index contributed by atoms with van der Waals surface area (Å²) in [4.78, 5) is 22.4. The Morgan fingerprint density at radius 2 is 1.65 bits per heavy atom. The lowest BCUT2D eigenvalue weighted by Gasteiger charge is -2.29. The van der Waals surface area contributed by atoms with Crippen molar-refractivity contribution in [3.63, 3.8) is 0 Å². The maximum atomic E-state index is 11.5. The SMILES string of the molecule is COC(=O)CNC(C)(C)NC(=O)OC(C)(C)C. The van der Waals surface area contributed by atoms with E-state index in [1.165, 1.54) is 7.11 Å². The highest BCUT2D eigenvalue weighted by Crippen LogP contribution is 2.08. The highest BCUT2D eigenvalue weighted by Gasteiger charge is 2.24. The van der Waals surface area contributed by atoms with Gasteiger partial charge in [0, 0.05) is 0 Å². The maximum absolute atomic E-state index is 11.5. The maximum Gasteiger partial charge on any atom is 0.409 e. The second kappa shape index (κ2) is 5.86. The van der Waals surface area contributed by atoms with Crippen molar-refractivity contribution in [1.82, 2.24) is 10.6 Å². The summed E-state index contributed by atoms with van der Waals surface area (Å²) in [5.41, 5.74) is -1.31. The second-order valence-corrected chi connectivity index (χ2v) is 5.18. The minimum atomic E-state index is -0.753. The predicted octanol–water partition coefficient (Wildman–Crippen LogP) is 1.01. The highest BCUT2D eigenvalue weighted by molar-refractivity contribution is 5.72. The minimum Gasteiger partial charge on any atom is -0.468 e. The molecule has 0 bridgehead atoms. The minimum absolute atomic E-state index is 0.0132. The topological polar surface area (TPSA) is 76.7 Å². The zero-order valence-electron chi connectivity index (χ0n) is 11.3. The van der Waals surface area contributed by atoms with Gasteiger partial charge >= 0.3 is 12.1 Å². The van der Waals surface area contributed by atoms with Crippen LogP contribution in [0.25, 0.3) is 0 Å². The van der Waals surface area contributed by atoms with E-state index in [1.54, 1.807) is 34.6 Å². The zero-order chi connectivity index (χ0) is 13.7. The van der Waals surface area contributed by atoms with E-state index < -0.39 is 23.3 Å². The number of ether oxygens (including phenoxy) is 2. The Labute approximate surface area is 102 Å². The Morgan fingerprint density at radius 1 is 1.12 bits per heavy atom. The van der Waals surface area contributed by atoms with Crippen LogP contribution in [-0.4, -0.2) is 37.0 Å². The zero-order valence-corrected chi connectivity index (χ0v) is 11.3. The van der Waals surface area contributed by atoms with Crippen molar-refractivity contribution in [3.8, 4) is 0 Å². The van der Waals surface area contributed by atoms with Crippen molar-refractivity contribution in [2.75, 3.05) is 13.7 Å². The van der Waals surface area contributed by atoms with Gasteiger partial charge < -0.3 is 14.8 Å². The fourth-order valence-corrected chi connectivity index (χ4v) is 0.968. The molecule has 0 aliphatic carbocycles. The molecule has 0 aromatic rings. The molecule has 1 amide bonds. The standard InChI is InChI=1S/C11H22N2O4/c1-10(2,3)17-9(15)13-11(4,5)12-7-8(14)16-6/h12H,7H2,1-6H3,(H,13,15). The van der Waals surface area contributed by atoms with Crippen molar-refractivity contribution >= 4 is 12.1 Å². The van der Waals surface area contributed by atoms with Crippen LogP contribution in [0.4, 0.5) is 4.79 Å². The van der Waals surface area contributed by atoms with Gasteiger partial charge in [0.1, 0.15) is 5.60 Å². The van der Waals surface area contributed by atoms with Crippen LogP contribution >= 0.6 is 0 Å². The molecule has 0 aromatic carbocycles. The molecular weight excluding hydrogens is 224 g/mol. The van der Waals surface area contributed by atoms with Gasteiger partial charge in [0.2, 0.25) is 0 Å². The average molecular weight is 246 g/mol. The lowest BCUT2D eigenvalue weighted by molar-refractivity contribution is -0.140. The monoisotopic (exact) mass is 246 g/mol. The third-order valence-corrected chi connectivity index (χ3v) is 1.72. The van der Waals surface area contributed by atoms with E-state index in [0.717, 1.165) is 0 Å². The van der Waals surface area contributed by atoms with Gasteiger partial charge in [-0.15, -0.1) is 0 Å². The number of hydrogen-bond donors (Lipinski definition) is 2. The number of methoxy groups -OCH3 is 1. The molecule has 0 aliphatic rings. The molecule has 6 heteroatoms. The first-order chi connectivity index (χ1) is 7.56. The Balaban J connectivity index is 4.16. The fourth-order valence-electron chi connectivity index (χ4n) is 0.968. The Hall–Kier alpha value is -1.30. The van der Waals surface area contributed by atoms with Crippen LogP contribution in [0.1, 0.15) is 34.6 Å². The van der Waals surface area contributed by atoms with Crippen molar-refractivity contribution in [1.29, 1.82) is 0 Å². The van der Waals surface area contributed by atoms with Crippen LogP contribution in [0, 0.1) is 0 Å². The molecule has 17 heavy (non-hydrogen) atoms. The van der Waals surface area contributed by atoms with Crippen LogP contribution in [0.5, 0.6) is 0 Å². The molecule has 0 saturated heterocycles. The van der Waals surface area contributed by atoms with Gasteiger partial charge in [0.15, 0.2) is 0 Å². The molecule has 0 aromatic heterocycles. The predicted molar refractivity (Wildman–Crippen MR) is 63.5 cm³/mol. The summed E-state index contributed by atoms with van der Waals surface area (Å²) in [6, 6.07) is 0. The van der Waals surface area contributed by atoms with Crippen LogP contribution in [0.15, 0.2) is 0 Å². The number of rotatable bonds is 4. The van der Waals surface area contributed by atoms with Crippen LogP contribution in [-0.2, 0) is 14.3 Å². The summed E-state index contributed by atoms with van der Waals surface area (Å²) in [6.07, 6.45) is -0.542. The lowest BCUT2D eigenvalue weighted by atomic mass is 10.2. The third kappa shape index (κ3) is 8.50. The third-order valence-electron chi connectivity index (χ3n) is 1.72. The number of esters is 1. The first-order valence-electron chi connectivity index (χ1n) is 5.39. The average Bonchev–Trinajstić information content (AvgIpc) is 2.10. The van der Waals surface area contributed by atoms with Gasteiger partial charge in [-0.1, -0.05) is 0 Å². The molecule has 0 radical (unpaired) electrons. The highest BCUT2D eigenvalue weighted by atomic mass is 16.6. The molecule has 0 heterocycles. The summed E-state index contributed by atoms with van der Waals surface area (Å²) in [6.45, 7) is 8.80. The van der Waals surface area contributed by atoms with E-state index in [9.17, 15) is 9.59 Å². The number of alkyl carbamates (subject to hydrolysis) is 1. The Morgan fingerprint density at radius 3 is 2.06 bits per heavy atom.